The van der Waals surface area contributed by atoms with Gasteiger partial charge in [0.25, 0.3) is 0 Å². The average Bonchev–Trinajstić information content (AvgIpc) is 1.31. The monoisotopic (exact) mass is 1980 g/mol. The maximum Gasteiger partial charge on any atom is 0.307 e. The van der Waals surface area contributed by atoms with Gasteiger partial charge in [-0.15, -0.1) is 11.8 Å². The van der Waals surface area contributed by atoms with Gasteiger partial charge in [-0.3, -0.25) is 62.4 Å². The molecule has 2 aliphatic heterocycles. The summed E-state index contributed by atoms with van der Waals surface area (Å²) in [4.78, 5) is 181. The minimum Gasteiger partial charge on any atom is -0.481 e. The van der Waals surface area contributed by atoms with Crippen molar-refractivity contribution in [2.75, 3.05) is 229 Å². The first-order valence-electron chi connectivity index (χ1n) is 49.2. The van der Waals surface area contributed by atoms with Gasteiger partial charge in [0.1, 0.15) is 19.0 Å². The molecule has 136 heavy (non-hydrogen) atoms. The van der Waals surface area contributed by atoms with Crippen molar-refractivity contribution in [3.63, 3.8) is 0 Å². The molecular formula is C98H168N10O25S3. The minimum atomic E-state index is -1.05. The number of oxime groups is 2. The van der Waals surface area contributed by atoms with E-state index < -0.39 is 53.3 Å². The molecule has 2 fully saturated rings. The van der Waals surface area contributed by atoms with Gasteiger partial charge in [0, 0.05) is 167 Å². The van der Waals surface area contributed by atoms with Gasteiger partial charge in [-0.2, -0.15) is 23.5 Å². The fourth-order valence-electron chi connectivity index (χ4n) is 16.3. The molecule has 0 aromatic heterocycles. The molecule has 35 nitrogen and oxygen atoms in total. The first kappa shape index (κ1) is 123. The molecule has 9 amide bonds. The first-order valence-corrected chi connectivity index (χ1v) is 53.0. The standard InChI is InChI=1S/C98H168N10O25S3/c1-16-28-79(70-134-14)102-132-61-59-130-57-55-128-53-51-126-49-47-124-45-35-86(111)100-39-43-106(44-40-101-87(112)36-46-125-48-50-127-52-54-129-56-58-131-60-62-133-103-80(29-17-2)71-135-15)90(115)33-24-20-26-38-99-88(113)37-63-136-85-68-92(117)108(97(85)119)41-27-21-25-32-89(114)104(10)93(73(6)7)83(110)66-81(72(4)5)96(118)105(11)94(74(8)18-3)84(122-12)67-91(116)107-42-34-77(69-107)95(123-13)75(9)82(109)65-78(98(120)121)64-76-30-22-19-23-31-76/h19,22-23,30-31,72-75,77-78,81,84-85,93-95H,16-18,20-21,24-29,32-71H2,1-15H3,(H,99,113)(H,100,111)(H,101,112)(H,120,121)/b102-79-,103-80+/t74-,75-,77+,78+,81?,84+,85?,93-,94-,95+/m0/s1. The van der Waals surface area contributed by atoms with Crippen LogP contribution in [0.4, 0.5) is 0 Å². The van der Waals surface area contributed by atoms with Crippen molar-refractivity contribution in [2.45, 2.75) is 233 Å². The van der Waals surface area contributed by atoms with Crippen molar-refractivity contribution in [3.05, 3.63) is 35.9 Å². The molecule has 2 heterocycles. The van der Waals surface area contributed by atoms with Crippen LogP contribution in [0.2, 0.25) is 0 Å². The van der Waals surface area contributed by atoms with Crippen molar-refractivity contribution in [2.24, 2.45) is 51.7 Å². The van der Waals surface area contributed by atoms with Crippen molar-refractivity contribution >= 4 is 117 Å². The van der Waals surface area contributed by atoms with Gasteiger partial charge in [0.05, 0.1) is 159 Å². The fraction of sp³-hybridized carbons (Fsp3) is 0.796. The molecule has 2 unspecified atom stereocenters. The Hall–Kier alpha value is -6.95. The van der Waals surface area contributed by atoms with Gasteiger partial charge in [-0.25, -0.2) is 0 Å². The molecule has 778 valence electrons. The third-order valence-electron chi connectivity index (χ3n) is 24.0. The predicted octanol–water partition coefficient (Wildman–Crippen LogP) is 9.91. The number of imide groups is 1. The molecule has 2 aliphatic rings. The van der Waals surface area contributed by atoms with Crippen molar-refractivity contribution in [3.8, 4) is 0 Å². The number of Topliss-reactive ketones (excluding diaryl/α,β-unsaturated/α-hetero) is 2. The quantitative estimate of drug-likeness (QED) is 0.0204. The zero-order chi connectivity index (χ0) is 100. The van der Waals surface area contributed by atoms with E-state index >= 15 is 0 Å². The van der Waals surface area contributed by atoms with Gasteiger partial charge < -0.3 is 97.7 Å². The Labute approximate surface area is 823 Å². The zero-order valence-electron chi connectivity index (χ0n) is 84.5. The van der Waals surface area contributed by atoms with Gasteiger partial charge in [0.15, 0.2) is 5.78 Å². The number of ketones is 2. The normalized spacial score (nSPS) is 15.9. The number of carbonyl (C=O) groups excluding carboxylic acids is 11. The topological polar surface area (TPSA) is 413 Å². The number of hydrogen-bond acceptors (Lipinski definition) is 29. The summed E-state index contributed by atoms with van der Waals surface area (Å²) in [6.07, 6.45) is 11.6. The van der Waals surface area contributed by atoms with Gasteiger partial charge in [-0.1, -0.05) is 135 Å². The van der Waals surface area contributed by atoms with Gasteiger partial charge in [-0.05, 0) is 87.2 Å². The summed E-state index contributed by atoms with van der Waals surface area (Å²) in [6.45, 7) is 25.9. The summed E-state index contributed by atoms with van der Waals surface area (Å²) in [6, 6.07) is 7.81. The second kappa shape index (κ2) is 75.9. The average molecular weight is 1980 g/mol. The largest absolute Gasteiger partial charge is 0.481 e. The number of hydrogen-bond donors (Lipinski definition) is 4. The molecule has 0 radical (unpaired) electrons. The maximum atomic E-state index is 14.9. The molecule has 3 rings (SSSR count). The number of carbonyl (C=O) groups is 12. The predicted molar refractivity (Wildman–Crippen MR) is 530 cm³/mol. The Morgan fingerprint density at radius 1 is 0.544 bits per heavy atom. The Morgan fingerprint density at radius 3 is 1.51 bits per heavy atom. The molecule has 1 aromatic carbocycles. The van der Waals surface area contributed by atoms with Crippen molar-refractivity contribution < 1.29 is 120 Å². The van der Waals surface area contributed by atoms with E-state index in [9.17, 15) is 62.6 Å². The van der Waals surface area contributed by atoms with Gasteiger partial charge in [0.2, 0.25) is 53.2 Å². The van der Waals surface area contributed by atoms with Crippen LogP contribution < -0.4 is 16.0 Å². The summed E-state index contributed by atoms with van der Waals surface area (Å²) in [5.74, 6) is -4.88. The Balaban J connectivity index is 1.41. The SMILES string of the molecule is CCC/C(CSC)=N/OCCOCCOCCOCCOCCC(=O)NCCN(CCNC(=O)CCOCCOCCOCCOCCO/N=C(\CCC)CSC)C(=O)CCCCCNC(=O)CCSC1CC(=O)N(CCCCCC(=O)N(C)[C@H](C(=O)CC(C(=O)N(C)[C@@H]([C@@H](C)CC)[C@@H](CC(=O)N2CC[C@@H]([C@H](OC)[C@@H](C)C(=O)C[C@@H](Cc3ccccc3)C(=O)O)C2)OC)C(C)C)C(C)C)C1=O. The lowest BCUT2D eigenvalue weighted by atomic mass is 9.83. The third kappa shape index (κ3) is 52.0. The third-order valence-corrected chi connectivity index (χ3v) is 26.5. The number of thioether (sulfide) groups is 3. The number of likely N-dealkylation sites (N-methyl/N-ethyl adjacent to an activating group) is 2. The summed E-state index contributed by atoms with van der Waals surface area (Å²) in [5.41, 5.74) is 2.90. The van der Waals surface area contributed by atoms with Crippen molar-refractivity contribution in [1.29, 1.82) is 0 Å². The number of aliphatic carboxylic acids is 1. The highest BCUT2D eigenvalue weighted by Gasteiger charge is 2.44. The van der Waals surface area contributed by atoms with E-state index in [2.05, 4.69) is 40.1 Å². The second-order valence-electron chi connectivity index (χ2n) is 35.3. The van der Waals surface area contributed by atoms with Crippen LogP contribution in [0, 0.1) is 41.4 Å². The van der Waals surface area contributed by atoms with Crippen molar-refractivity contribution in [1.82, 2.24) is 40.4 Å². The number of nitrogens with one attached hydrogen (secondary N) is 3. The lowest BCUT2D eigenvalue weighted by molar-refractivity contribution is -0.148. The van der Waals surface area contributed by atoms with E-state index in [-0.39, 0.29) is 212 Å². The molecule has 0 spiro atoms. The molecular weight excluding hydrogens is 1810 g/mol. The Bertz CT molecular complexity index is 3530. The number of rotatable bonds is 85. The minimum absolute atomic E-state index is 0.0137. The molecule has 0 bridgehead atoms. The fourth-order valence-corrected chi connectivity index (χ4v) is 18.4. The second-order valence-corrected chi connectivity index (χ2v) is 38.3. The van der Waals surface area contributed by atoms with Crippen LogP contribution in [0.1, 0.15) is 203 Å². The summed E-state index contributed by atoms with van der Waals surface area (Å²) < 4.78 is 56.6. The number of benzene rings is 1. The maximum absolute atomic E-state index is 14.9. The van der Waals surface area contributed by atoms with E-state index in [0.29, 0.717) is 169 Å². The van der Waals surface area contributed by atoms with E-state index in [1.54, 1.807) is 59.2 Å². The number of likely N-dealkylation sites (tertiary alicyclic amines) is 2. The van der Waals surface area contributed by atoms with Crippen LogP contribution in [0.25, 0.3) is 0 Å². The number of carboxylic acids is 1. The summed E-state index contributed by atoms with van der Waals surface area (Å²) in [7, 11) is 6.35. The lowest BCUT2D eigenvalue weighted by Crippen LogP contribution is -2.53. The number of carboxylic acid groups (broad SMARTS) is 1. The van der Waals surface area contributed by atoms with Crippen LogP contribution in [-0.2, 0) is 121 Å². The van der Waals surface area contributed by atoms with Crippen LogP contribution in [0.15, 0.2) is 40.6 Å². The molecule has 1 aromatic rings. The van der Waals surface area contributed by atoms with Gasteiger partial charge >= 0.3 is 5.97 Å². The highest BCUT2D eigenvalue weighted by Crippen LogP contribution is 2.33. The van der Waals surface area contributed by atoms with E-state index in [0.717, 1.165) is 54.2 Å². The highest BCUT2D eigenvalue weighted by atomic mass is 32.2. The Morgan fingerprint density at radius 2 is 1.04 bits per heavy atom. The van der Waals surface area contributed by atoms with E-state index in [1.165, 1.54) is 35.8 Å². The number of unbranched alkanes of at least 4 members (excludes halogenated alkanes) is 4. The first-order chi connectivity index (χ1) is 65.5. The number of amides is 9. The van der Waals surface area contributed by atoms with Crippen LogP contribution in [0.5, 0.6) is 0 Å². The Kier molecular flexibility index (Phi) is 68.7. The molecule has 2 saturated heterocycles. The van der Waals surface area contributed by atoms with Crippen LogP contribution >= 0.6 is 35.3 Å². The molecule has 38 heteroatoms. The molecule has 0 saturated carbocycles. The molecule has 0 aliphatic carbocycles. The van der Waals surface area contributed by atoms with E-state index in [4.69, 9.17) is 57.0 Å². The summed E-state index contributed by atoms with van der Waals surface area (Å²) >= 11 is 4.69. The highest BCUT2D eigenvalue weighted by molar-refractivity contribution is 8.00. The zero-order valence-corrected chi connectivity index (χ0v) is 86.9. The molecule has 10 atom stereocenters. The summed E-state index contributed by atoms with van der Waals surface area (Å²) in [5, 5.41) is 26.5. The number of nitrogens with zero attached hydrogens (tertiary/aromatic N) is 7. The van der Waals surface area contributed by atoms with Crippen LogP contribution in [0.3, 0.4) is 0 Å². The smallest absolute Gasteiger partial charge is 0.307 e. The van der Waals surface area contributed by atoms with Crippen LogP contribution in [-0.4, -0.2) is 371 Å². The number of ether oxygens (including phenoxy) is 10. The number of methoxy groups -OCH3 is 2. The van der Waals surface area contributed by atoms with E-state index in [1.807, 2.05) is 84.4 Å². The lowest BCUT2D eigenvalue weighted by Gasteiger charge is -2.40. The molecule has 4 N–H and O–H groups in total.